The number of carbonyl (C=O) groups is 1. The Morgan fingerprint density at radius 2 is 2.56 bits per heavy atom. The number of nitrogens with zero attached hydrogens (tertiary/aromatic N) is 1. The minimum absolute atomic E-state index is 0.452. The van der Waals surface area contributed by atoms with Gasteiger partial charge in [-0.25, -0.2) is 4.79 Å². The second kappa shape index (κ2) is 2.14. The zero-order valence-corrected chi connectivity index (χ0v) is 5.13. The highest BCUT2D eigenvalue weighted by Crippen LogP contribution is 2.03. The smallest absolute Gasteiger partial charge is 0.316 e. The largest absolute Gasteiger partial charge is 0.357 e. The number of hydrogen-bond acceptors (Lipinski definition) is 4. The minimum atomic E-state index is -0.616. The van der Waals surface area contributed by atoms with Crippen LogP contribution in [-0.4, -0.2) is 17.7 Å². The molecule has 1 atom stereocenters. The normalized spacial score (nSPS) is 25.8. The molecule has 0 bridgehead atoms. The van der Waals surface area contributed by atoms with Crippen LogP contribution in [0, 0.1) is 0 Å². The van der Waals surface area contributed by atoms with E-state index in [0.29, 0.717) is 12.1 Å². The molecule has 2 N–H and O–H groups in total. The molecule has 0 aromatic rings. The first-order chi connectivity index (χ1) is 4.25. The van der Waals surface area contributed by atoms with Crippen LogP contribution in [0.3, 0.4) is 0 Å². The Morgan fingerprint density at radius 1 is 1.89 bits per heavy atom. The molecule has 1 aliphatic rings. The van der Waals surface area contributed by atoms with Crippen LogP contribution < -0.4 is 5.73 Å². The van der Waals surface area contributed by atoms with E-state index in [0.717, 1.165) is 0 Å². The topological polar surface area (TPSA) is 64.7 Å². The van der Waals surface area contributed by atoms with Crippen LogP contribution in [0.4, 0.5) is 0 Å². The van der Waals surface area contributed by atoms with Crippen molar-refractivity contribution in [2.24, 2.45) is 10.9 Å². The summed E-state index contributed by atoms with van der Waals surface area (Å²) in [6.07, 6.45) is 0.674. The highest BCUT2D eigenvalue weighted by Gasteiger charge is 2.26. The highest BCUT2D eigenvalue weighted by atomic mass is 16.7. The molecule has 0 aliphatic carbocycles. The Bertz CT molecular complexity index is 164. The fourth-order valence-electron chi connectivity index (χ4n) is 0.638. The maximum Gasteiger partial charge on any atom is 0.357 e. The van der Waals surface area contributed by atoms with Gasteiger partial charge in [0.1, 0.15) is 6.04 Å². The van der Waals surface area contributed by atoms with Crippen LogP contribution in [0.5, 0.6) is 0 Å². The first kappa shape index (κ1) is 6.22. The standard InChI is InChI=1S/C5H8N2O2/c1-2-3-4(6)5(8)9-7-3/h4H,2,6H2,1H3. The quantitative estimate of drug-likeness (QED) is 0.490. The predicted molar refractivity (Wildman–Crippen MR) is 31.8 cm³/mol. The maximum atomic E-state index is 10.5. The van der Waals surface area contributed by atoms with Crippen molar-refractivity contribution < 1.29 is 9.63 Å². The Balaban J connectivity index is 2.66. The van der Waals surface area contributed by atoms with Gasteiger partial charge in [-0.15, -0.1) is 0 Å². The van der Waals surface area contributed by atoms with Crippen molar-refractivity contribution in [2.75, 3.05) is 0 Å². The molecule has 0 aromatic heterocycles. The molecular formula is C5H8N2O2. The van der Waals surface area contributed by atoms with Crippen molar-refractivity contribution >= 4 is 11.7 Å². The fourth-order valence-corrected chi connectivity index (χ4v) is 0.638. The molecule has 0 saturated heterocycles. The average Bonchev–Trinajstić information content (AvgIpc) is 2.15. The van der Waals surface area contributed by atoms with Gasteiger partial charge in [-0.05, 0) is 6.42 Å². The van der Waals surface area contributed by atoms with E-state index in [4.69, 9.17) is 5.73 Å². The molecule has 9 heavy (non-hydrogen) atoms. The van der Waals surface area contributed by atoms with E-state index < -0.39 is 12.0 Å². The van der Waals surface area contributed by atoms with Crippen molar-refractivity contribution in [3.05, 3.63) is 0 Å². The molecule has 0 spiro atoms. The molecule has 0 radical (unpaired) electrons. The van der Waals surface area contributed by atoms with Crippen molar-refractivity contribution in [3.63, 3.8) is 0 Å². The lowest BCUT2D eigenvalue weighted by Gasteiger charge is -1.95. The van der Waals surface area contributed by atoms with Crippen LogP contribution >= 0.6 is 0 Å². The fraction of sp³-hybridized carbons (Fsp3) is 0.600. The summed E-state index contributed by atoms with van der Waals surface area (Å²) in [5.41, 5.74) is 5.95. The number of nitrogens with two attached hydrogens (primary N) is 1. The van der Waals surface area contributed by atoms with Gasteiger partial charge in [-0.2, -0.15) is 0 Å². The second-order valence-electron chi connectivity index (χ2n) is 1.82. The van der Waals surface area contributed by atoms with Crippen LogP contribution in [0.15, 0.2) is 5.16 Å². The van der Waals surface area contributed by atoms with Gasteiger partial charge in [0.15, 0.2) is 0 Å². The molecule has 1 rings (SSSR count). The lowest BCUT2D eigenvalue weighted by molar-refractivity contribution is -0.141. The van der Waals surface area contributed by atoms with E-state index in [9.17, 15) is 4.79 Å². The summed E-state index contributed by atoms with van der Waals surface area (Å²) in [5, 5.41) is 3.46. The zero-order valence-electron chi connectivity index (χ0n) is 5.13. The molecule has 4 heteroatoms. The minimum Gasteiger partial charge on any atom is -0.316 e. The predicted octanol–water partition coefficient (Wildman–Crippen LogP) is -0.363. The molecule has 50 valence electrons. The highest BCUT2D eigenvalue weighted by molar-refractivity contribution is 6.08. The Hall–Kier alpha value is -0.900. The SMILES string of the molecule is CCC1=NOC(=O)C1N. The first-order valence-electron chi connectivity index (χ1n) is 2.79. The lowest BCUT2D eigenvalue weighted by atomic mass is 10.1. The summed E-state index contributed by atoms with van der Waals surface area (Å²) in [6.45, 7) is 1.88. The number of oxime groups is 1. The van der Waals surface area contributed by atoms with Gasteiger partial charge in [0.25, 0.3) is 0 Å². The van der Waals surface area contributed by atoms with Gasteiger partial charge in [-0.1, -0.05) is 12.1 Å². The van der Waals surface area contributed by atoms with Gasteiger partial charge in [0.05, 0.1) is 5.71 Å². The summed E-state index contributed by atoms with van der Waals surface area (Å²) in [6, 6.07) is -0.616. The van der Waals surface area contributed by atoms with E-state index in [1.807, 2.05) is 6.92 Å². The molecular weight excluding hydrogens is 120 g/mol. The Labute approximate surface area is 52.7 Å². The summed E-state index contributed by atoms with van der Waals surface area (Å²) in [4.78, 5) is 14.8. The monoisotopic (exact) mass is 128 g/mol. The van der Waals surface area contributed by atoms with Crippen LogP contribution in [0.2, 0.25) is 0 Å². The lowest BCUT2D eigenvalue weighted by Crippen LogP contribution is -2.33. The zero-order chi connectivity index (χ0) is 6.85. The van der Waals surface area contributed by atoms with Gasteiger partial charge in [-0.3, -0.25) is 0 Å². The molecule has 0 fully saturated rings. The molecule has 0 amide bonds. The van der Waals surface area contributed by atoms with E-state index >= 15 is 0 Å². The van der Waals surface area contributed by atoms with Crippen molar-refractivity contribution in [2.45, 2.75) is 19.4 Å². The third-order valence-electron chi connectivity index (χ3n) is 1.23. The molecule has 1 heterocycles. The molecule has 0 saturated carbocycles. The third-order valence-corrected chi connectivity index (χ3v) is 1.23. The summed E-state index contributed by atoms with van der Waals surface area (Å²) in [5.74, 6) is -0.452. The number of hydrogen-bond donors (Lipinski definition) is 1. The van der Waals surface area contributed by atoms with E-state index in [-0.39, 0.29) is 0 Å². The maximum absolute atomic E-state index is 10.5. The van der Waals surface area contributed by atoms with Crippen molar-refractivity contribution in [1.82, 2.24) is 0 Å². The summed E-state index contributed by atoms with van der Waals surface area (Å²) in [7, 11) is 0. The van der Waals surface area contributed by atoms with Crippen LogP contribution in [-0.2, 0) is 9.63 Å². The molecule has 1 aliphatic heterocycles. The van der Waals surface area contributed by atoms with Gasteiger partial charge in [0.2, 0.25) is 0 Å². The molecule has 0 aromatic carbocycles. The average molecular weight is 128 g/mol. The van der Waals surface area contributed by atoms with E-state index in [2.05, 4.69) is 9.99 Å². The van der Waals surface area contributed by atoms with Crippen molar-refractivity contribution in [3.8, 4) is 0 Å². The van der Waals surface area contributed by atoms with E-state index in [1.165, 1.54) is 0 Å². The van der Waals surface area contributed by atoms with Crippen LogP contribution in [0.25, 0.3) is 0 Å². The third kappa shape index (κ3) is 0.929. The van der Waals surface area contributed by atoms with Gasteiger partial charge >= 0.3 is 5.97 Å². The Morgan fingerprint density at radius 3 is 2.78 bits per heavy atom. The van der Waals surface area contributed by atoms with Gasteiger partial charge < -0.3 is 10.6 Å². The van der Waals surface area contributed by atoms with Crippen LogP contribution in [0.1, 0.15) is 13.3 Å². The molecule has 4 nitrogen and oxygen atoms in total. The summed E-state index contributed by atoms with van der Waals surface area (Å²) < 4.78 is 0. The number of carbonyl (C=O) groups excluding carboxylic acids is 1. The van der Waals surface area contributed by atoms with E-state index in [1.54, 1.807) is 0 Å². The van der Waals surface area contributed by atoms with Crippen molar-refractivity contribution in [1.29, 1.82) is 0 Å². The van der Waals surface area contributed by atoms with Gasteiger partial charge in [0, 0.05) is 0 Å². The summed E-state index contributed by atoms with van der Waals surface area (Å²) >= 11 is 0. The Kier molecular flexibility index (Phi) is 1.48. The number of rotatable bonds is 1. The second-order valence-corrected chi connectivity index (χ2v) is 1.82. The molecule has 1 unspecified atom stereocenters. The first-order valence-corrected chi connectivity index (χ1v) is 2.79.